The SMILES string of the molecule is CCN(Cc1ccc(CO)o1)CC1CCC1. The Morgan fingerprint density at radius 2 is 2.12 bits per heavy atom. The minimum absolute atomic E-state index is 0.00521. The molecule has 0 amide bonds. The number of hydrogen-bond acceptors (Lipinski definition) is 3. The van der Waals surface area contributed by atoms with Crippen molar-refractivity contribution in [3.63, 3.8) is 0 Å². The molecule has 90 valence electrons. The number of rotatable bonds is 6. The lowest BCUT2D eigenvalue weighted by molar-refractivity contribution is 0.165. The van der Waals surface area contributed by atoms with Gasteiger partial charge in [0.1, 0.15) is 18.1 Å². The topological polar surface area (TPSA) is 36.6 Å². The van der Waals surface area contributed by atoms with E-state index in [1.54, 1.807) is 0 Å². The van der Waals surface area contributed by atoms with Crippen LogP contribution < -0.4 is 0 Å². The molecule has 1 aromatic heterocycles. The van der Waals surface area contributed by atoms with E-state index >= 15 is 0 Å². The predicted molar refractivity (Wildman–Crippen MR) is 62.9 cm³/mol. The molecule has 0 spiro atoms. The van der Waals surface area contributed by atoms with Crippen LogP contribution in [0.15, 0.2) is 16.5 Å². The van der Waals surface area contributed by atoms with E-state index in [0.717, 1.165) is 24.8 Å². The lowest BCUT2D eigenvalue weighted by Gasteiger charge is -2.31. The summed E-state index contributed by atoms with van der Waals surface area (Å²) >= 11 is 0. The van der Waals surface area contributed by atoms with Crippen LogP contribution in [0.1, 0.15) is 37.7 Å². The van der Waals surface area contributed by atoms with E-state index in [0.29, 0.717) is 5.76 Å². The maximum absolute atomic E-state index is 8.93. The molecule has 16 heavy (non-hydrogen) atoms. The first-order chi connectivity index (χ1) is 7.81. The van der Waals surface area contributed by atoms with E-state index in [1.165, 1.54) is 25.8 Å². The summed E-state index contributed by atoms with van der Waals surface area (Å²) in [4.78, 5) is 2.42. The molecular weight excluding hydrogens is 202 g/mol. The zero-order chi connectivity index (χ0) is 11.4. The Bertz CT molecular complexity index is 317. The fourth-order valence-electron chi connectivity index (χ4n) is 2.16. The molecule has 0 atom stereocenters. The molecule has 0 saturated heterocycles. The summed E-state index contributed by atoms with van der Waals surface area (Å²) in [5, 5.41) is 8.93. The summed E-state index contributed by atoms with van der Waals surface area (Å²) in [5.41, 5.74) is 0. The van der Waals surface area contributed by atoms with E-state index in [-0.39, 0.29) is 6.61 Å². The summed E-state index contributed by atoms with van der Waals surface area (Å²) in [5.74, 6) is 2.52. The fraction of sp³-hybridized carbons (Fsp3) is 0.692. The predicted octanol–water partition coefficient (Wildman–Crippen LogP) is 2.39. The highest BCUT2D eigenvalue weighted by Crippen LogP contribution is 2.27. The molecule has 1 aromatic rings. The van der Waals surface area contributed by atoms with Crippen LogP contribution in [0.3, 0.4) is 0 Å². The van der Waals surface area contributed by atoms with E-state index < -0.39 is 0 Å². The zero-order valence-electron chi connectivity index (χ0n) is 9.98. The first-order valence-corrected chi connectivity index (χ1v) is 6.22. The van der Waals surface area contributed by atoms with Crippen molar-refractivity contribution in [1.82, 2.24) is 4.90 Å². The first-order valence-electron chi connectivity index (χ1n) is 6.22. The molecule has 1 N–H and O–H groups in total. The maximum Gasteiger partial charge on any atom is 0.129 e. The highest BCUT2D eigenvalue weighted by molar-refractivity contribution is 5.06. The van der Waals surface area contributed by atoms with Gasteiger partial charge in [-0.25, -0.2) is 0 Å². The zero-order valence-corrected chi connectivity index (χ0v) is 9.98. The Kier molecular flexibility index (Phi) is 4.02. The monoisotopic (exact) mass is 223 g/mol. The fourth-order valence-corrected chi connectivity index (χ4v) is 2.16. The van der Waals surface area contributed by atoms with E-state index in [1.807, 2.05) is 12.1 Å². The lowest BCUT2D eigenvalue weighted by atomic mass is 9.85. The third-order valence-corrected chi connectivity index (χ3v) is 3.44. The van der Waals surface area contributed by atoms with Gasteiger partial charge in [-0.05, 0) is 37.4 Å². The van der Waals surface area contributed by atoms with E-state index in [9.17, 15) is 0 Å². The van der Waals surface area contributed by atoms with Gasteiger partial charge in [0.2, 0.25) is 0 Å². The van der Waals surface area contributed by atoms with Gasteiger partial charge in [-0.15, -0.1) is 0 Å². The van der Waals surface area contributed by atoms with E-state index in [2.05, 4.69) is 11.8 Å². The number of aliphatic hydroxyl groups excluding tert-OH is 1. The van der Waals surface area contributed by atoms with Crippen LogP contribution in [0.4, 0.5) is 0 Å². The van der Waals surface area contributed by atoms with Gasteiger partial charge in [-0.1, -0.05) is 13.3 Å². The molecule has 1 aliphatic carbocycles. The molecule has 0 aromatic carbocycles. The van der Waals surface area contributed by atoms with Crippen LogP contribution >= 0.6 is 0 Å². The molecule has 0 aliphatic heterocycles. The third kappa shape index (κ3) is 2.86. The van der Waals surface area contributed by atoms with Gasteiger partial charge in [-0.3, -0.25) is 4.90 Å². The Hall–Kier alpha value is -0.800. The average Bonchev–Trinajstić information content (AvgIpc) is 2.69. The summed E-state index contributed by atoms with van der Waals surface area (Å²) < 4.78 is 5.51. The largest absolute Gasteiger partial charge is 0.462 e. The number of hydrogen-bond donors (Lipinski definition) is 1. The van der Waals surface area contributed by atoms with Gasteiger partial charge in [0, 0.05) is 6.54 Å². The number of furan rings is 1. The summed E-state index contributed by atoms with van der Waals surface area (Å²) in [6.07, 6.45) is 4.17. The Morgan fingerprint density at radius 1 is 1.38 bits per heavy atom. The van der Waals surface area contributed by atoms with Crippen LogP contribution in [0.25, 0.3) is 0 Å². The van der Waals surface area contributed by atoms with Crippen LogP contribution in [0, 0.1) is 5.92 Å². The van der Waals surface area contributed by atoms with Crippen molar-refractivity contribution in [3.8, 4) is 0 Å². The quantitative estimate of drug-likeness (QED) is 0.804. The van der Waals surface area contributed by atoms with Crippen LogP contribution in [0.5, 0.6) is 0 Å². The van der Waals surface area contributed by atoms with Crippen molar-refractivity contribution in [2.45, 2.75) is 39.3 Å². The molecule has 1 aliphatic rings. The normalized spacial score (nSPS) is 16.7. The number of aliphatic hydroxyl groups is 1. The van der Waals surface area contributed by atoms with E-state index in [4.69, 9.17) is 9.52 Å². The molecule has 3 nitrogen and oxygen atoms in total. The molecular formula is C13H21NO2. The van der Waals surface area contributed by atoms with Crippen molar-refractivity contribution in [3.05, 3.63) is 23.7 Å². The Morgan fingerprint density at radius 3 is 2.62 bits per heavy atom. The van der Waals surface area contributed by atoms with Crippen LogP contribution in [-0.2, 0) is 13.2 Å². The van der Waals surface area contributed by atoms with Gasteiger partial charge < -0.3 is 9.52 Å². The van der Waals surface area contributed by atoms with Crippen molar-refractivity contribution >= 4 is 0 Å². The molecule has 0 radical (unpaired) electrons. The highest BCUT2D eigenvalue weighted by atomic mass is 16.4. The molecule has 2 rings (SSSR count). The molecule has 1 saturated carbocycles. The molecule has 1 heterocycles. The maximum atomic E-state index is 8.93. The number of nitrogens with zero attached hydrogens (tertiary/aromatic N) is 1. The van der Waals surface area contributed by atoms with Crippen molar-refractivity contribution < 1.29 is 9.52 Å². The van der Waals surface area contributed by atoms with Gasteiger partial charge in [0.15, 0.2) is 0 Å². The van der Waals surface area contributed by atoms with Gasteiger partial charge in [0.25, 0.3) is 0 Å². The highest BCUT2D eigenvalue weighted by Gasteiger charge is 2.20. The molecule has 0 unspecified atom stereocenters. The molecule has 3 heteroatoms. The van der Waals surface area contributed by atoms with Crippen molar-refractivity contribution in [2.75, 3.05) is 13.1 Å². The summed E-state index contributed by atoms with van der Waals surface area (Å²) in [7, 11) is 0. The Balaban J connectivity index is 1.84. The van der Waals surface area contributed by atoms with Gasteiger partial charge >= 0.3 is 0 Å². The second kappa shape index (κ2) is 5.51. The molecule has 0 bridgehead atoms. The van der Waals surface area contributed by atoms with Crippen LogP contribution in [-0.4, -0.2) is 23.1 Å². The van der Waals surface area contributed by atoms with Crippen molar-refractivity contribution in [2.24, 2.45) is 5.92 Å². The van der Waals surface area contributed by atoms with Crippen LogP contribution in [0.2, 0.25) is 0 Å². The van der Waals surface area contributed by atoms with Crippen molar-refractivity contribution in [1.29, 1.82) is 0 Å². The second-order valence-electron chi connectivity index (χ2n) is 4.65. The lowest BCUT2D eigenvalue weighted by Crippen LogP contribution is -2.31. The van der Waals surface area contributed by atoms with Gasteiger partial charge in [0.05, 0.1) is 6.54 Å². The summed E-state index contributed by atoms with van der Waals surface area (Å²) in [6.45, 7) is 5.30. The molecule has 1 fully saturated rings. The average molecular weight is 223 g/mol. The minimum atomic E-state index is -0.00521. The first kappa shape index (κ1) is 11.7. The third-order valence-electron chi connectivity index (χ3n) is 3.44. The standard InChI is InChI=1S/C13H21NO2/c1-2-14(8-11-4-3-5-11)9-12-6-7-13(10-15)16-12/h6-7,11,15H,2-5,8-10H2,1H3. The minimum Gasteiger partial charge on any atom is -0.462 e. The van der Waals surface area contributed by atoms with Gasteiger partial charge in [-0.2, -0.15) is 0 Å². The second-order valence-corrected chi connectivity index (χ2v) is 4.65. The Labute approximate surface area is 97.1 Å². The summed E-state index contributed by atoms with van der Waals surface area (Å²) in [6, 6.07) is 3.82. The smallest absolute Gasteiger partial charge is 0.129 e.